The fourth-order valence-electron chi connectivity index (χ4n) is 2.42. The molecule has 2 rings (SSSR count). The topological polar surface area (TPSA) is 93.5 Å². The summed E-state index contributed by atoms with van der Waals surface area (Å²) >= 11 is 0. The van der Waals surface area contributed by atoms with Crippen molar-refractivity contribution in [3.8, 4) is 5.75 Å². The zero-order valence-electron chi connectivity index (χ0n) is 12.3. The number of nitrogens with one attached hydrogen (secondary N) is 2. The highest BCUT2D eigenvalue weighted by Gasteiger charge is 2.18. The number of rotatable bonds is 6. The number of nitro benzene ring substituents is 1. The number of carbonyl (C=O) groups excluding carboxylic acids is 1. The van der Waals surface area contributed by atoms with E-state index in [1.165, 1.54) is 25.3 Å². The van der Waals surface area contributed by atoms with E-state index in [0.717, 1.165) is 25.9 Å². The van der Waals surface area contributed by atoms with Crippen LogP contribution in [0.4, 0.5) is 5.69 Å². The maximum Gasteiger partial charge on any atom is 0.310 e. The van der Waals surface area contributed by atoms with Crippen molar-refractivity contribution in [2.75, 3.05) is 26.7 Å². The van der Waals surface area contributed by atoms with E-state index >= 15 is 0 Å². The van der Waals surface area contributed by atoms with Gasteiger partial charge in [-0.15, -0.1) is 12.4 Å². The minimum Gasteiger partial charge on any atom is -0.490 e. The molecule has 7 nitrogen and oxygen atoms in total. The predicted octanol–water partition coefficient (Wildman–Crippen LogP) is 1.75. The number of halogens is 1. The van der Waals surface area contributed by atoms with Gasteiger partial charge in [-0.05, 0) is 37.9 Å². The highest BCUT2D eigenvalue weighted by Crippen LogP contribution is 2.27. The van der Waals surface area contributed by atoms with Crippen LogP contribution in [0, 0.1) is 16.0 Å². The number of methoxy groups -OCH3 is 1. The van der Waals surface area contributed by atoms with Crippen molar-refractivity contribution < 1.29 is 14.5 Å². The number of nitrogens with zero attached hydrogens (tertiary/aromatic N) is 1. The molecule has 22 heavy (non-hydrogen) atoms. The molecule has 1 atom stereocenters. The first-order valence-electron chi connectivity index (χ1n) is 6.93. The fraction of sp³-hybridized carbons (Fsp3) is 0.500. The van der Waals surface area contributed by atoms with Crippen LogP contribution in [0.2, 0.25) is 0 Å². The Kier molecular flexibility index (Phi) is 7.07. The van der Waals surface area contributed by atoms with Crippen LogP contribution in [0.15, 0.2) is 18.2 Å². The van der Waals surface area contributed by atoms with Crippen LogP contribution < -0.4 is 15.4 Å². The molecule has 1 unspecified atom stereocenters. The van der Waals surface area contributed by atoms with Crippen LogP contribution in [-0.2, 0) is 0 Å². The molecule has 8 heteroatoms. The minimum atomic E-state index is -0.534. The molecule has 1 aromatic carbocycles. The normalized spacial score (nSPS) is 16.7. The Bertz CT molecular complexity index is 533. The summed E-state index contributed by atoms with van der Waals surface area (Å²) in [6.07, 6.45) is 2.07. The number of amides is 1. The van der Waals surface area contributed by atoms with E-state index in [4.69, 9.17) is 4.74 Å². The minimum absolute atomic E-state index is 0. The number of ether oxygens (including phenoxy) is 1. The molecule has 0 bridgehead atoms. The Hall–Kier alpha value is -1.86. The van der Waals surface area contributed by atoms with Crippen molar-refractivity contribution in [3.05, 3.63) is 33.9 Å². The zero-order valence-corrected chi connectivity index (χ0v) is 13.1. The predicted molar refractivity (Wildman–Crippen MR) is 84.8 cm³/mol. The Morgan fingerprint density at radius 3 is 2.91 bits per heavy atom. The van der Waals surface area contributed by atoms with Gasteiger partial charge in [0.1, 0.15) is 0 Å². The Morgan fingerprint density at radius 1 is 1.55 bits per heavy atom. The van der Waals surface area contributed by atoms with E-state index < -0.39 is 4.92 Å². The maximum atomic E-state index is 12.0. The van der Waals surface area contributed by atoms with Crippen molar-refractivity contribution in [1.82, 2.24) is 10.6 Å². The van der Waals surface area contributed by atoms with E-state index in [9.17, 15) is 14.9 Å². The van der Waals surface area contributed by atoms with Crippen LogP contribution in [-0.4, -0.2) is 37.6 Å². The second kappa shape index (κ2) is 8.55. The molecular weight excluding hydrogens is 310 g/mol. The van der Waals surface area contributed by atoms with E-state index in [1.54, 1.807) is 0 Å². The van der Waals surface area contributed by atoms with Crippen LogP contribution in [0.25, 0.3) is 0 Å². The lowest BCUT2D eigenvalue weighted by molar-refractivity contribution is -0.385. The highest BCUT2D eigenvalue weighted by atomic mass is 35.5. The molecule has 2 N–H and O–H groups in total. The Labute approximate surface area is 135 Å². The molecule has 0 radical (unpaired) electrons. The quantitative estimate of drug-likeness (QED) is 0.612. The molecule has 1 saturated heterocycles. The number of nitro groups is 1. The first kappa shape index (κ1) is 18.2. The SMILES string of the molecule is COc1cc(C(=O)NCCC2CCNC2)ccc1[N+](=O)[O-].Cl. The second-order valence-corrected chi connectivity index (χ2v) is 5.05. The molecule has 0 spiro atoms. The summed E-state index contributed by atoms with van der Waals surface area (Å²) in [7, 11) is 1.34. The summed E-state index contributed by atoms with van der Waals surface area (Å²) in [5, 5.41) is 16.9. The van der Waals surface area contributed by atoms with E-state index in [0.29, 0.717) is 18.0 Å². The Morgan fingerprint density at radius 2 is 2.32 bits per heavy atom. The van der Waals surface area contributed by atoms with Crippen molar-refractivity contribution in [3.63, 3.8) is 0 Å². The summed E-state index contributed by atoms with van der Waals surface area (Å²) < 4.78 is 4.95. The third kappa shape index (κ3) is 4.57. The Balaban J connectivity index is 0.00000242. The van der Waals surface area contributed by atoms with Gasteiger partial charge in [-0.3, -0.25) is 14.9 Å². The number of benzene rings is 1. The lowest BCUT2D eigenvalue weighted by Crippen LogP contribution is -2.26. The third-order valence-electron chi connectivity index (χ3n) is 3.64. The average Bonchev–Trinajstić information content (AvgIpc) is 2.99. The van der Waals surface area contributed by atoms with Gasteiger partial charge >= 0.3 is 5.69 Å². The van der Waals surface area contributed by atoms with Gasteiger partial charge in [0.15, 0.2) is 5.75 Å². The van der Waals surface area contributed by atoms with Gasteiger partial charge < -0.3 is 15.4 Å². The van der Waals surface area contributed by atoms with Crippen LogP contribution >= 0.6 is 12.4 Å². The van der Waals surface area contributed by atoms with Crippen molar-refractivity contribution in [2.24, 2.45) is 5.92 Å². The monoisotopic (exact) mass is 329 g/mol. The molecule has 0 aromatic heterocycles. The van der Waals surface area contributed by atoms with Crippen LogP contribution in [0.5, 0.6) is 5.75 Å². The highest BCUT2D eigenvalue weighted by molar-refractivity contribution is 5.95. The van der Waals surface area contributed by atoms with Crippen molar-refractivity contribution in [1.29, 1.82) is 0 Å². The fourth-order valence-corrected chi connectivity index (χ4v) is 2.42. The van der Waals surface area contributed by atoms with Gasteiger partial charge in [0.25, 0.3) is 5.91 Å². The van der Waals surface area contributed by atoms with E-state index in [1.807, 2.05) is 0 Å². The third-order valence-corrected chi connectivity index (χ3v) is 3.64. The lowest BCUT2D eigenvalue weighted by atomic mass is 10.1. The molecule has 0 saturated carbocycles. The van der Waals surface area contributed by atoms with Crippen LogP contribution in [0.1, 0.15) is 23.2 Å². The molecule has 1 aromatic rings. The molecular formula is C14H20ClN3O4. The first-order chi connectivity index (χ1) is 10.1. The molecule has 1 aliphatic heterocycles. The summed E-state index contributed by atoms with van der Waals surface area (Å²) in [5.41, 5.74) is 0.216. The lowest BCUT2D eigenvalue weighted by Gasteiger charge is -2.10. The molecule has 1 amide bonds. The van der Waals surface area contributed by atoms with Gasteiger partial charge in [-0.1, -0.05) is 0 Å². The number of carbonyl (C=O) groups is 1. The van der Waals surface area contributed by atoms with Crippen LogP contribution in [0.3, 0.4) is 0 Å². The molecule has 1 heterocycles. The molecule has 0 aliphatic carbocycles. The standard InChI is InChI=1S/C14H19N3O4.ClH/c1-21-13-8-11(2-3-12(13)17(19)20)14(18)16-7-5-10-4-6-15-9-10;/h2-3,8,10,15H,4-7,9H2,1H3,(H,16,18);1H. The van der Waals surface area contributed by atoms with E-state index in [-0.39, 0.29) is 29.8 Å². The van der Waals surface area contributed by atoms with Gasteiger partial charge in [0, 0.05) is 24.2 Å². The summed E-state index contributed by atoms with van der Waals surface area (Å²) in [6, 6.07) is 4.12. The van der Waals surface area contributed by atoms with Gasteiger partial charge in [0.05, 0.1) is 12.0 Å². The molecule has 122 valence electrons. The average molecular weight is 330 g/mol. The first-order valence-corrected chi connectivity index (χ1v) is 6.93. The zero-order chi connectivity index (χ0) is 15.2. The largest absolute Gasteiger partial charge is 0.490 e. The second-order valence-electron chi connectivity index (χ2n) is 5.05. The summed E-state index contributed by atoms with van der Waals surface area (Å²) in [6.45, 7) is 2.64. The van der Waals surface area contributed by atoms with E-state index in [2.05, 4.69) is 10.6 Å². The molecule has 1 aliphatic rings. The summed E-state index contributed by atoms with van der Waals surface area (Å²) in [4.78, 5) is 22.3. The van der Waals surface area contributed by atoms with Crippen molar-refractivity contribution in [2.45, 2.75) is 12.8 Å². The van der Waals surface area contributed by atoms with Crippen molar-refractivity contribution >= 4 is 24.0 Å². The number of hydrogen-bond acceptors (Lipinski definition) is 5. The summed E-state index contributed by atoms with van der Waals surface area (Å²) in [5.74, 6) is 0.457. The smallest absolute Gasteiger partial charge is 0.310 e. The van der Waals surface area contributed by atoms with Gasteiger partial charge in [-0.2, -0.15) is 0 Å². The number of hydrogen-bond donors (Lipinski definition) is 2. The van der Waals surface area contributed by atoms with Gasteiger partial charge in [0.2, 0.25) is 0 Å². The molecule has 1 fully saturated rings. The maximum absolute atomic E-state index is 12.0. The van der Waals surface area contributed by atoms with Gasteiger partial charge in [-0.25, -0.2) is 0 Å².